The van der Waals surface area contributed by atoms with Gasteiger partial charge in [-0.2, -0.15) is 0 Å². The number of aliphatic carboxylic acids is 1. The van der Waals surface area contributed by atoms with E-state index in [1.807, 2.05) is 41.3 Å². The van der Waals surface area contributed by atoms with E-state index in [4.69, 9.17) is 5.11 Å². The number of nitrogens with zero attached hydrogens (tertiary/aromatic N) is 3. The van der Waals surface area contributed by atoms with Crippen LogP contribution in [0.25, 0.3) is 11.3 Å². The van der Waals surface area contributed by atoms with Gasteiger partial charge in [0.05, 0.1) is 11.6 Å². The molecule has 1 fully saturated rings. The molecule has 1 aromatic heterocycles. The predicted octanol–water partition coefficient (Wildman–Crippen LogP) is 3.21. The maximum absolute atomic E-state index is 11.1. The van der Waals surface area contributed by atoms with Crippen molar-refractivity contribution in [3.63, 3.8) is 0 Å². The fourth-order valence-corrected chi connectivity index (χ4v) is 2.92. The van der Waals surface area contributed by atoms with Crippen molar-refractivity contribution < 1.29 is 9.90 Å². The molecule has 114 valence electrons. The molecular weight excluding hydrogens is 346 g/mol. The molecule has 1 unspecified atom stereocenters. The summed E-state index contributed by atoms with van der Waals surface area (Å²) in [5.41, 5.74) is 1.81. The molecule has 1 aromatic carbocycles. The van der Waals surface area contributed by atoms with E-state index in [-0.39, 0.29) is 5.92 Å². The number of halogens is 1. The van der Waals surface area contributed by atoms with E-state index in [1.165, 1.54) is 0 Å². The highest BCUT2D eigenvalue weighted by Gasteiger charge is 2.26. The Bertz CT molecular complexity index is 658. The van der Waals surface area contributed by atoms with Gasteiger partial charge >= 0.3 is 5.97 Å². The van der Waals surface area contributed by atoms with Crippen LogP contribution < -0.4 is 4.90 Å². The number of carboxylic acid groups (broad SMARTS) is 1. The summed E-state index contributed by atoms with van der Waals surface area (Å²) >= 11 is 3.41. The molecule has 1 atom stereocenters. The standard InChI is InChI=1S/C16H16BrN3O2/c17-13-5-3-11(4-6-13)14-7-8-15(19-18-14)20-9-1-2-12(10-20)16(21)22/h3-8,12H,1-2,9-10H2,(H,21,22). The van der Waals surface area contributed by atoms with Gasteiger partial charge in [0.2, 0.25) is 0 Å². The largest absolute Gasteiger partial charge is 0.481 e. The lowest BCUT2D eigenvalue weighted by molar-refractivity contribution is -0.141. The van der Waals surface area contributed by atoms with Crippen LogP contribution in [0.15, 0.2) is 40.9 Å². The number of rotatable bonds is 3. The van der Waals surface area contributed by atoms with Gasteiger partial charge in [0.15, 0.2) is 5.82 Å². The molecule has 0 aliphatic carbocycles. The first-order valence-electron chi connectivity index (χ1n) is 7.21. The van der Waals surface area contributed by atoms with E-state index in [1.54, 1.807) is 0 Å². The van der Waals surface area contributed by atoms with Crippen molar-refractivity contribution in [3.05, 3.63) is 40.9 Å². The van der Waals surface area contributed by atoms with Crippen LogP contribution in [0, 0.1) is 5.92 Å². The van der Waals surface area contributed by atoms with Crippen molar-refractivity contribution >= 4 is 27.7 Å². The number of anilines is 1. The van der Waals surface area contributed by atoms with Crippen LogP contribution in [0.4, 0.5) is 5.82 Å². The number of hydrogen-bond donors (Lipinski definition) is 1. The monoisotopic (exact) mass is 361 g/mol. The average Bonchev–Trinajstić information content (AvgIpc) is 2.56. The first-order valence-corrected chi connectivity index (χ1v) is 8.00. The van der Waals surface area contributed by atoms with Crippen LogP contribution in [0.5, 0.6) is 0 Å². The second-order valence-electron chi connectivity index (χ2n) is 5.41. The molecule has 0 amide bonds. The second kappa shape index (κ2) is 6.44. The zero-order chi connectivity index (χ0) is 15.5. The van der Waals surface area contributed by atoms with E-state index in [0.717, 1.165) is 40.9 Å². The average molecular weight is 362 g/mol. The van der Waals surface area contributed by atoms with Gasteiger partial charge in [0.1, 0.15) is 0 Å². The van der Waals surface area contributed by atoms with Crippen LogP contribution in [0.2, 0.25) is 0 Å². The minimum absolute atomic E-state index is 0.318. The highest BCUT2D eigenvalue weighted by molar-refractivity contribution is 9.10. The number of piperidine rings is 1. The smallest absolute Gasteiger partial charge is 0.308 e. The van der Waals surface area contributed by atoms with Crippen LogP contribution in [-0.4, -0.2) is 34.4 Å². The Morgan fingerprint density at radius 2 is 1.95 bits per heavy atom. The third-order valence-electron chi connectivity index (χ3n) is 3.89. The molecule has 2 heterocycles. The highest BCUT2D eigenvalue weighted by Crippen LogP contribution is 2.24. The maximum Gasteiger partial charge on any atom is 0.308 e. The normalized spacial score (nSPS) is 18.2. The number of hydrogen-bond acceptors (Lipinski definition) is 4. The molecule has 22 heavy (non-hydrogen) atoms. The minimum Gasteiger partial charge on any atom is -0.481 e. The van der Waals surface area contributed by atoms with E-state index >= 15 is 0 Å². The summed E-state index contributed by atoms with van der Waals surface area (Å²) in [5.74, 6) is -0.308. The summed E-state index contributed by atoms with van der Waals surface area (Å²) in [7, 11) is 0. The summed E-state index contributed by atoms with van der Waals surface area (Å²) in [6, 6.07) is 11.7. The Balaban J connectivity index is 1.76. The molecule has 5 nitrogen and oxygen atoms in total. The molecule has 0 bridgehead atoms. The molecule has 2 aromatic rings. The van der Waals surface area contributed by atoms with Crippen LogP contribution in [0.3, 0.4) is 0 Å². The second-order valence-corrected chi connectivity index (χ2v) is 6.32. The third-order valence-corrected chi connectivity index (χ3v) is 4.41. The number of aromatic nitrogens is 2. The van der Waals surface area contributed by atoms with Gasteiger partial charge in [-0.15, -0.1) is 10.2 Å². The quantitative estimate of drug-likeness (QED) is 0.908. The Morgan fingerprint density at radius 1 is 1.18 bits per heavy atom. The number of benzene rings is 1. The Morgan fingerprint density at radius 3 is 2.59 bits per heavy atom. The lowest BCUT2D eigenvalue weighted by Gasteiger charge is -2.31. The minimum atomic E-state index is -0.732. The molecule has 0 spiro atoms. The Kier molecular flexibility index (Phi) is 4.38. The molecule has 6 heteroatoms. The lowest BCUT2D eigenvalue weighted by atomic mass is 9.98. The van der Waals surface area contributed by atoms with Crippen molar-refractivity contribution in [2.24, 2.45) is 5.92 Å². The van der Waals surface area contributed by atoms with E-state index in [9.17, 15) is 4.79 Å². The summed E-state index contributed by atoms with van der Waals surface area (Å²) in [6.45, 7) is 1.33. The number of carbonyl (C=O) groups is 1. The van der Waals surface area contributed by atoms with Crippen LogP contribution in [-0.2, 0) is 4.79 Å². The lowest BCUT2D eigenvalue weighted by Crippen LogP contribution is -2.39. The summed E-state index contributed by atoms with van der Waals surface area (Å²) in [5, 5.41) is 17.7. The SMILES string of the molecule is O=C(O)C1CCCN(c2ccc(-c3ccc(Br)cc3)nn2)C1. The Labute approximate surface area is 137 Å². The van der Waals surface area contributed by atoms with Gasteiger partial charge in [0, 0.05) is 23.1 Å². The molecule has 0 radical (unpaired) electrons. The predicted molar refractivity (Wildman–Crippen MR) is 87.7 cm³/mol. The molecule has 1 N–H and O–H groups in total. The topological polar surface area (TPSA) is 66.3 Å². The molecule has 1 aliphatic rings. The summed E-state index contributed by atoms with van der Waals surface area (Å²) in [6.07, 6.45) is 1.60. The summed E-state index contributed by atoms with van der Waals surface area (Å²) in [4.78, 5) is 13.1. The fraction of sp³-hybridized carbons (Fsp3) is 0.312. The third kappa shape index (κ3) is 3.27. The van der Waals surface area contributed by atoms with Gasteiger partial charge in [-0.05, 0) is 37.1 Å². The van der Waals surface area contributed by atoms with E-state index < -0.39 is 5.97 Å². The van der Waals surface area contributed by atoms with Crippen molar-refractivity contribution in [1.82, 2.24) is 10.2 Å². The van der Waals surface area contributed by atoms with Crippen LogP contribution in [0.1, 0.15) is 12.8 Å². The first-order chi connectivity index (χ1) is 10.6. The molecule has 1 aliphatic heterocycles. The highest BCUT2D eigenvalue weighted by atomic mass is 79.9. The van der Waals surface area contributed by atoms with Gasteiger partial charge in [-0.25, -0.2) is 0 Å². The molecule has 1 saturated heterocycles. The molecule has 3 rings (SSSR count). The van der Waals surface area contributed by atoms with Gasteiger partial charge in [-0.1, -0.05) is 28.1 Å². The molecule has 0 saturated carbocycles. The van der Waals surface area contributed by atoms with Gasteiger partial charge in [0.25, 0.3) is 0 Å². The zero-order valence-corrected chi connectivity index (χ0v) is 13.5. The van der Waals surface area contributed by atoms with E-state index in [2.05, 4.69) is 26.1 Å². The maximum atomic E-state index is 11.1. The van der Waals surface area contributed by atoms with Crippen LogP contribution >= 0.6 is 15.9 Å². The molecular formula is C16H16BrN3O2. The first kappa shape index (κ1) is 15.0. The van der Waals surface area contributed by atoms with Crippen molar-refractivity contribution in [2.75, 3.05) is 18.0 Å². The van der Waals surface area contributed by atoms with Crippen molar-refractivity contribution in [2.45, 2.75) is 12.8 Å². The fourth-order valence-electron chi connectivity index (χ4n) is 2.66. The summed E-state index contributed by atoms with van der Waals surface area (Å²) < 4.78 is 1.02. The number of carboxylic acids is 1. The van der Waals surface area contributed by atoms with Crippen molar-refractivity contribution in [3.8, 4) is 11.3 Å². The van der Waals surface area contributed by atoms with Crippen molar-refractivity contribution in [1.29, 1.82) is 0 Å². The van der Waals surface area contributed by atoms with E-state index in [0.29, 0.717) is 6.54 Å². The van der Waals surface area contributed by atoms with Gasteiger partial charge < -0.3 is 10.0 Å². The van der Waals surface area contributed by atoms with Gasteiger partial charge in [-0.3, -0.25) is 4.79 Å². The Hall–Kier alpha value is -1.95. The zero-order valence-electron chi connectivity index (χ0n) is 11.9.